The Morgan fingerprint density at radius 1 is 0.933 bits per heavy atom. The minimum atomic E-state index is -0.331. The Bertz CT molecular complexity index is 140. The molecule has 0 aliphatic rings. The van der Waals surface area contributed by atoms with Crippen LogP contribution in [0.2, 0.25) is 0 Å². The van der Waals surface area contributed by atoms with Crippen molar-refractivity contribution in [3.63, 3.8) is 0 Å². The second-order valence-electron chi connectivity index (χ2n) is 5.48. The maximum absolute atomic E-state index is 6.02. The van der Waals surface area contributed by atoms with Crippen LogP contribution in [0, 0.1) is 11.8 Å². The Kier molecular flexibility index (Phi) is 6.72. The summed E-state index contributed by atoms with van der Waals surface area (Å²) in [5.41, 5.74) is 0. The molecule has 0 N–H and O–H groups in total. The summed E-state index contributed by atoms with van der Waals surface area (Å²) in [5.74, 6) is 0.885. The quantitative estimate of drug-likeness (QED) is 0.496. The molecule has 0 rings (SSSR count). The molecule has 0 amide bonds. The minimum absolute atomic E-state index is 0.233. The summed E-state index contributed by atoms with van der Waals surface area (Å²) < 4.78 is 11.8. The second-order valence-corrected chi connectivity index (χ2v) is 5.89. The third-order valence-corrected chi connectivity index (χ3v) is 3.01. The molecule has 0 radical (unpaired) electrons. The van der Waals surface area contributed by atoms with Gasteiger partial charge in [-0.3, -0.25) is 0 Å². The fourth-order valence-corrected chi connectivity index (χ4v) is 2.50. The molecular weight excluding hydrogens is 204 g/mol. The van der Waals surface area contributed by atoms with Crippen molar-refractivity contribution in [3.05, 3.63) is 0 Å². The van der Waals surface area contributed by atoms with Gasteiger partial charge >= 0.3 is 0 Å². The standard InChI is InChI=1S/C12H28O2Si/c1-9(2)7-12(14-15,8-10(3)4)13-11(5)6/h9-11H,7-8H2,1-6,15H3. The van der Waals surface area contributed by atoms with Gasteiger partial charge in [-0.05, 0) is 25.7 Å². The van der Waals surface area contributed by atoms with Gasteiger partial charge < -0.3 is 9.16 Å². The van der Waals surface area contributed by atoms with Crippen LogP contribution in [0.5, 0.6) is 0 Å². The molecule has 2 nitrogen and oxygen atoms in total. The van der Waals surface area contributed by atoms with E-state index in [4.69, 9.17) is 9.16 Å². The highest BCUT2D eigenvalue weighted by Gasteiger charge is 2.33. The Morgan fingerprint density at radius 2 is 1.33 bits per heavy atom. The first kappa shape index (κ1) is 15.1. The van der Waals surface area contributed by atoms with Crippen molar-refractivity contribution in [3.8, 4) is 0 Å². The molecule has 0 unspecified atom stereocenters. The van der Waals surface area contributed by atoms with Gasteiger partial charge in [0.25, 0.3) is 0 Å². The lowest BCUT2D eigenvalue weighted by atomic mass is 9.94. The van der Waals surface area contributed by atoms with Crippen LogP contribution in [-0.2, 0) is 9.16 Å². The van der Waals surface area contributed by atoms with Crippen LogP contribution >= 0.6 is 0 Å². The highest BCUT2D eigenvalue weighted by molar-refractivity contribution is 5.98. The van der Waals surface area contributed by atoms with Gasteiger partial charge in [-0.25, -0.2) is 0 Å². The van der Waals surface area contributed by atoms with E-state index in [2.05, 4.69) is 41.5 Å². The molecule has 0 aromatic rings. The summed E-state index contributed by atoms with van der Waals surface area (Å²) in [6, 6.07) is 0. The van der Waals surface area contributed by atoms with Crippen molar-refractivity contribution in [1.82, 2.24) is 0 Å². The van der Waals surface area contributed by atoms with Gasteiger partial charge in [-0.2, -0.15) is 0 Å². The van der Waals surface area contributed by atoms with E-state index in [9.17, 15) is 0 Å². The molecule has 0 atom stereocenters. The van der Waals surface area contributed by atoms with Gasteiger partial charge in [0.1, 0.15) is 10.5 Å². The molecule has 3 heteroatoms. The first-order chi connectivity index (χ1) is 6.81. The monoisotopic (exact) mass is 232 g/mol. The Balaban J connectivity index is 4.59. The SMILES string of the molecule is CC(C)CC(CC(C)C)(O[SiH3])OC(C)C. The second kappa shape index (κ2) is 6.66. The average molecular weight is 232 g/mol. The van der Waals surface area contributed by atoms with Crippen LogP contribution < -0.4 is 0 Å². The van der Waals surface area contributed by atoms with Crippen LogP contribution in [0.15, 0.2) is 0 Å². The predicted octanol–water partition coefficient (Wildman–Crippen LogP) is 2.50. The van der Waals surface area contributed by atoms with Crippen molar-refractivity contribution >= 4 is 10.5 Å². The van der Waals surface area contributed by atoms with Crippen LogP contribution in [0.25, 0.3) is 0 Å². The molecule has 92 valence electrons. The predicted molar refractivity (Wildman–Crippen MR) is 68.9 cm³/mol. The molecule has 0 aliphatic carbocycles. The zero-order chi connectivity index (χ0) is 12.1. The van der Waals surface area contributed by atoms with E-state index in [-0.39, 0.29) is 11.9 Å². The highest BCUT2D eigenvalue weighted by Crippen LogP contribution is 2.30. The van der Waals surface area contributed by atoms with Gasteiger partial charge in [0.2, 0.25) is 0 Å². The van der Waals surface area contributed by atoms with Gasteiger partial charge in [0.15, 0.2) is 5.79 Å². The Hall–Kier alpha value is 0.137. The number of rotatable bonds is 7. The molecule has 0 aliphatic heterocycles. The summed E-state index contributed by atoms with van der Waals surface area (Å²) in [6.07, 6.45) is 2.22. The largest absolute Gasteiger partial charge is 0.401 e. The molecule has 0 bridgehead atoms. The molecule has 0 aromatic carbocycles. The van der Waals surface area contributed by atoms with Crippen molar-refractivity contribution in [2.24, 2.45) is 11.8 Å². The summed E-state index contributed by atoms with van der Waals surface area (Å²) in [5, 5.41) is 0. The zero-order valence-corrected chi connectivity index (χ0v) is 13.5. The molecular formula is C12H28O2Si. The fraction of sp³-hybridized carbons (Fsp3) is 1.00. The van der Waals surface area contributed by atoms with E-state index in [0.717, 1.165) is 23.3 Å². The third kappa shape index (κ3) is 6.33. The van der Waals surface area contributed by atoms with Crippen LogP contribution in [-0.4, -0.2) is 22.4 Å². The van der Waals surface area contributed by atoms with Gasteiger partial charge in [-0.15, -0.1) is 0 Å². The van der Waals surface area contributed by atoms with Crippen molar-refractivity contribution in [2.45, 2.75) is 66.3 Å². The highest BCUT2D eigenvalue weighted by atomic mass is 28.2. The van der Waals surface area contributed by atoms with Gasteiger partial charge in [0.05, 0.1) is 6.10 Å². The summed E-state index contributed by atoms with van der Waals surface area (Å²) in [7, 11) is 0.737. The van der Waals surface area contributed by atoms with Crippen LogP contribution in [0.4, 0.5) is 0 Å². The van der Waals surface area contributed by atoms with E-state index in [0.29, 0.717) is 11.8 Å². The normalized spacial score (nSPS) is 13.4. The third-order valence-electron chi connectivity index (χ3n) is 2.26. The van der Waals surface area contributed by atoms with E-state index in [1.807, 2.05) is 0 Å². The lowest BCUT2D eigenvalue weighted by molar-refractivity contribution is -0.220. The van der Waals surface area contributed by atoms with Crippen molar-refractivity contribution in [2.75, 3.05) is 0 Å². The van der Waals surface area contributed by atoms with E-state index >= 15 is 0 Å². The molecule has 0 fully saturated rings. The van der Waals surface area contributed by atoms with Gasteiger partial charge in [-0.1, -0.05) is 27.7 Å². The Morgan fingerprint density at radius 3 is 1.53 bits per heavy atom. The van der Waals surface area contributed by atoms with Gasteiger partial charge in [0, 0.05) is 12.8 Å². The smallest absolute Gasteiger partial charge is 0.158 e. The minimum Gasteiger partial charge on any atom is -0.401 e. The number of hydrogen-bond donors (Lipinski definition) is 0. The Labute approximate surface area is 98.3 Å². The maximum atomic E-state index is 6.02. The van der Waals surface area contributed by atoms with Crippen molar-refractivity contribution in [1.29, 1.82) is 0 Å². The lowest BCUT2D eigenvalue weighted by Gasteiger charge is -2.37. The number of hydrogen-bond acceptors (Lipinski definition) is 2. The summed E-state index contributed by atoms with van der Waals surface area (Å²) in [6.45, 7) is 13.0. The topological polar surface area (TPSA) is 18.5 Å². The molecule has 15 heavy (non-hydrogen) atoms. The molecule has 0 spiro atoms. The molecule has 0 aromatic heterocycles. The van der Waals surface area contributed by atoms with Crippen molar-refractivity contribution < 1.29 is 9.16 Å². The molecule has 0 heterocycles. The van der Waals surface area contributed by atoms with E-state index < -0.39 is 0 Å². The first-order valence-corrected chi connectivity index (χ1v) is 6.86. The zero-order valence-electron chi connectivity index (χ0n) is 11.5. The fourth-order valence-electron chi connectivity index (χ4n) is 2.07. The van der Waals surface area contributed by atoms with E-state index in [1.54, 1.807) is 0 Å². The van der Waals surface area contributed by atoms with Crippen LogP contribution in [0.1, 0.15) is 54.4 Å². The molecule has 0 saturated heterocycles. The first-order valence-electron chi connectivity index (χ1n) is 6.04. The summed E-state index contributed by atoms with van der Waals surface area (Å²) >= 11 is 0. The number of ether oxygens (including phenoxy) is 1. The molecule has 0 saturated carbocycles. The van der Waals surface area contributed by atoms with Crippen LogP contribution in [0.3, 0.4) is 0 Å². The lowest BCUT2D eigenvalue weighted by Crippen LogP contribution is -2.40. The van der Waals surface area contributed by atoms with E-state index in [1.165, 1.54) is 0 Å². The average Bonchev–Trinajstić information content (AvgIpc) is 1.99. The summed E-state index contributed by atoms with van der Waals surface area (Å²) in [4.78, 5) is 0. The maximum Gasteiger partial charge on any atom is 0.158 e.